The molecule has 2 aromatic rings. The summed E-state index contributed by atoms with van der Waals surface area (Å²) in [5.41, 5.74) is 1.35. The third-order valence-electron chi connectivity index (χ3n) is 2.14. The standard InChI is InChI=1S/C12H10BrN3O/c13-10-3-1-2-9(6-10)7-16-12(17)11-8-14-4-5-15-11/h1-6,8H,7H2,(H,16,17). The number of hydrogen-bond acceptors (Lipinski definition) is 3. The number of carbonyl (C=O) groups is 1. The predicted octanol–water partition coefficient (Wildman–Crippen LogP) is 2.17. The minimum Gasteiger partial charge on any atom is -0.347 e. The smallest absolute Gasteiger partial charge is 0.271 e. The van der Waals surface area contributed by atoms with Gasteiger partial charge in [0.1, 0.15) is 5.69 Å². The SMILES string of the molecule is O=C(NCc1cccc(Br)c1)c1cnccn1. The van der Waals surface area contributed by atoms with E-state index in [4.69, 9.17) is 0 Å². The predicted molar refractivity (Wildman–Crippen MR) is 67.3 cm³/mol. The van der Waals surface area contributed by atoms with Crippen LogP contribution < -0.4 is 5.32 Å². The Bertz CT molecular complexity index is 516. The number of aromatic nitrogens is 2. The molecule has 0 radical (unpaired) electrons. The minimum atomic E-state index is -0.224. The molecule has 0 spiro atoms. The summed E-state index contributed by atoms with van der Waals surface area (Å²) in [6.07, 6.45) is 4.47. The maximum absolute atomic E-state index is 11.7. The highest BCUT2D eigenvalue weighted by atomic mass is 79.9. The van der Waals surface area contributed by atoms with Crippen LogP contribution in [0.4, 0.5) is 0 Å². The van der Waals surface area contributed by atoms with Gasteiger partial charge in [-0.05, 0) is 17.7 Å². The van der Waals surface area contributed by atoms with Crippen molar-refractivity contribution in [1.82, 2.24) is 15.3 Å². The summed E-state index contributed by atoms with van der Waals surface area (Å²) in [6.45, 7) is 0.467. The Balaban J connectivity index is 1.97. The number of halogens is 1. The van der Waals surface area contributed by atoms with E-state index in [1.165, 1.54) is 18.6 Å². The molecule has 0 atom stereocenters. The Morgan fingerprint density at radius 2 is 2.24 bits per heavy atom. The van der Waals surface area contributed by atoms with Crippen molar-refractivity contribution >= 4 is 21.8 Å². The first kappa shape index (κ1) is 11.7. The molecule has 86 valence electrons. The molecule has 17 heavy (non-hydrogen) atoms. The molecule has 0 saturated heterocycles. The lowest BCUT2D eigenvalue weighted by Gasteiger charge is -2.04. The molecule has 0 aliphatic rings. The maximum Gasteiger partial charge on any atom is 0.271 e. The second-order valence-corrected chi connectivity index (χ2v) is 4.32. The van der Waals surface area contributed by atoms with E-state index in [1.54, 1.807) is 0 Å². The molecule has 0 aliphatic carbocycles. The molecular weight excluding hydrogens is 282 g/mol. The van der Waals surface area contributed by atoms with Crippen LogP contribution >= 0.6 is 15.9 Å². The number of nitrogens with one attached hydrogen (secondary N) is 1. The van der Waals surface area contributed by atoms with E-state index < -0.39 is 0 Å². The molecular formula is C12H10BrN3O. The molecule has 5 heteroatoms. The molecule has 0 aliphatic heterocycles. The normalized spacial score (nSPS) is 9.94. The Labute approximate surface area is 107 Å². The van der Waals surface area contributed by atoms with Crippen molar-refractivity contribution in [2.24, 2.45) is 0 Å². The fourth-order valence-corrected chi connectivity index (χ4v) is 1.78. The van der Waals surface area contributed by atoms with Crippen LogP contribution in [0.2, 0.25) is 0 Å². The van der Waals surface area contributed by atoms with E-state index in [-0.39, 0.29) is 5.91 Å². The zero-order chi connectivity index (χ0) is 12.1. The second kappa shape index (κ2) is 5.54. The van der Waals surface area contributed by atoms with Gasteiger partial charge in [0.05, 0.1) is 6.20 Å². The average molecular weight is 292 g/mol. The van der Waals surface area contributed by atoms with Gasteiger partial charge in [-0.15, -0.1) is 0 Å². The number of amides is 1. The molecule has 0 bridgehead atoms. The molecule has 1 aromatic carbocycles. The van der Waals surface area contributed by atoms with Gasteiger partial charge in [0.15, 0.2) is 0 Å². The van der Waals surface area contributed by atoms with Crippen molar-refractivity contribution in [2.75, 3.05) is 0 Å². The number of hydrogen-bond donors (Lipinski definition) is 1. The van der Waals surface area contributed by atoms with E-state index in [9.17, 15) is 4.79 Å². The van der Waals surface area contributed by atoms with Crippen molar-refractivity contribution < 1.29 is 4.79 Å². The van der Waals surface area contributed by atoms with E-state index in [2.05, 4.69) is 31.2 Å². The molecule has 1 heterocycles. The molecule has 0 unspecified atom stereocenters. The van der Waals surface area contributed by atoms with Crippen molar-refractivity contribution in [1.29, 1.82) is 0 Å². The van der Waals surface area contributed by atoms with Crippen LogP contribution in [0, 0.1) is 0 Å². The Hall–Kier alpha value is -1.75. The zero-order valence-electron chi connectivity index (χ0n) is 8.93. The molecule has 2 rings (SSSR count). The van der Waals surface area contributed by atoms with Crippen molar-refractivity contribution in [3.63, 3.8) is 0 Å². The third kappa shape index (κ3) is 3.35. The van der Waals surface area contributed by atoms with Crippen LogP contribution in [0.3, 0.4) is 0 Å². The van der Waals surface area contributed by atoms with Crippen LogP contribution in [-0.4, -0.2) is 15.9 Å². The monoisotopic (exact) mass is 291 g/mol. The van der Waals surface area contributed by atoms with Crippen LogP contribution in [0.1, 0.15) is 16.1 Å². The maximum atomic E-state index is 11.7. The van der Waals surface area contributed by atoms with Gasteiger partial charge in [-0.25, -0.2) is 4.98 Å². The molecule has 4 nitrogen and oxygen atoms in total. The summed E-state index contributed by atoms with van der Waals surface area (Å²) in [7, 11) is 0. The zero-order valence-corrected chi connectivity index (χ0v) is 10.5. The van der Waals surface area contributed by atoms with Crippen LogP contribution in [0.15, 0.2) is 47.3 Å². The van der Waals surface area contributed by atoms with Gasteiger partial charge < -0.3 is 5.32 Å². The summed E-state index contributed by atoms with van der Waals surface area (Å²) in [6, 6.07) is 7.76. The van der Waals surface area contributed by atoms with E-state index in [0.29, 0.717) is 12.2 Å². The number of rotatable bonds is 3. The van der Waals surface area contributed by atoms with Gasteiger partial charge in [-0.3, -0.25) is 9.78 Å². The summed E-state index contributed by atoms with van der Waals surface area (Å²) >= 11 is 3.38. The molecule has 1 amide bonds. The van der Waals surface area contributed by atoms with Gasteiger partial charge in [0.2, 0.25) is 0 Å². The minimum absolute atomic E-state index is 0.224. The molecule has 0 fully saturated rings. The third-order valence-corrected chi connectivity index (χ3v) is 2.63. The van der Waals surface area contributed by atoms with E-state index in [0.717, 1.165) is 10.0 Å². The highest BCUT2D eigenvalue weighted by Gasteiger charge is 2.05. The molecule has 1 aromatic heterocycles. The average Bonchev–Trinajstić information content (AvgIpc) is 2.37. The highest BCUT2D eigenvalue weighted by molar-refractivity contribution is 9.10. The number of benzene rings is 1. The topological polar surface area (TPSA) is 54.9 Å². The number of carbonyl (C=O) groups excluding carboxylic acids is 1. The van der Waals surface area contributed by atoms with E-state index >= 15 is 0 Å². The Kier molecular flexibility index (Phi) is 3.82. The van der Waals surface area contributed by atoms with Gasteiger partial charge >= 0.3 is 0 Å². The first-order valence-electron chi connectivity index (χ1n) is 5.04. The fraction of sp³-hybridized carbons (Fsp3) is 0.0833. The second-order valence-electron chi connectivity index (χ2n) is 3.40. The lowest BCUT2D eigenvalue weighted by atomic mass is 10.2. The van der Waals surface area contributed by atoms with Gasteiger partial charge in [0, 0.05) is 23.4 Å². The molecule has 1 N–H and O–H groups in total. The summed E-state index contributed by atoms with van der Waals surface area (Å²) in [5, 5.41) is 2.78. The van der Waals surface area contributed by atoms with Crippen molar-refractivity contribution in [3.05, 3.63) is 58.6 Å². The largest absolute Gasteiger partial charge is 0.347 e. The first-order valence-corrected chi connectivity index (χ1v) is 5.83. The summed E-state index contributed by atoms with van der Waals surface area (Å²) in [5.74, 6) is -0.224. The van der Waals surface area contributed by atoms with Crippen LogP contribution in [0.25, 0.3) is 0 Å². The van der Waals surface area contributed by atoms with Gasteiger partial charge in [-0.1, -0.05) is 28.1 Å². The summed E-state index contributed by atoms with van der Waals surface area (Å²) < 4.78 is 0.990. The highest BCUT2D eigenvalue weighted by Crippen LogP contribution is 2.11. The number of nitrogens with zero attached hydrogens (tertiary/aromatic N) is 2. The van der Waals surface area contributed by atoms with E-state index in [1.807, 2.05) is 24.3 Å². The van der Waals surface area contributed by atoms with Crippen molar-refractivity contribution in [2.45, 2.75) is 6.54 Å². The quantitative estimate of drug-likeness (QED) is 0.943. The van der Waals surface area contributed by atoms with Gasteiger partial charge in [-0.2, -0.15) is 0 Å². The van der Waals surface area contributed by atoms with Crippen LogP contribution in [0.5, 0.6) is 0 Å². The van der Waals surface area contributed by atoms with Crippen LogP contribution in [-0.2, 0) is 6.54 Å². The summed E-state index contributed by atoms with van der Waals surface area (Å²) in [4.78, 5) is 19.4. The Morgan fingerprint density at radius 3 is 2.94 bits per heavy atom. The van der Waals surface area contributed by atoms with Crippen molar-refractivity contribution in [3.8, 4) is 0 Å². The molecule has 0 saturated carbocycles. The lowest BCUT2D eigenvalue weighted by Crippen LogP contribution is -2.23. The fourth-order valence-electron chi connectivity index (χ4n) is 1.34. The van der Waals surface area contributed by atoms with Gasteiger partial charge in [0.25, 0.3) is 5.91 Å². The Morgan fingerprint density at radius 1 is 1.35 bits per heavy atom. The first-order chi connectivity index (χ1) is 8.25. The lowest BCUT2D eigenvalue weighted by molar-refractivity contribution is 0.0945.